The zero-order chi connectivity index (χ0) is 10.0. The lowest BCUT2D eigenvalue weighted by Crippen LogP contribution is -2.03. The molecule has 0 aliphatic carbocycles. The third-order valence-corrected chi connectivity index (χ3v) is 3.03. The zero-order valence-corrected chi connectivity index (χ0v) is 9.58. The van der Waals surface area contributed by atoms with Crippen LogP contribution < -0.4 is 0 Å². The minimum absolute atomic E-state index is 0.373. The van der Waals surface area contributed by atoms with Crippen molar-refractivity contribution in [3.63, 3.8) is 0 Å². The first-order valence-corrected chi connectivity index (χ1v) is 5.15. The first kappa shape index (κ1) is 10.9. The van der Waals surface area contributed by atoms with Gasteiger partial charge in [-0.25, -0.2) is 0 Å². The van der Waals surface area contributed by atoms with E-state index in [0.29, 0.717) is 16.9 Å². The molecule has 1 atom stereocenters. The van der Waals surface area contributed by atoms with Crippen LogP contribution in [0, 0.1) is 12.0 Å². The van der Waals surface area contributed by atoms with Gasteiger partial charge in [0.05, 0.1) is 5.02 Å². The molecule has 0 spiro atoms. The van der Waals surface area contributed by atoms with Gasteiger partial charge >= 0.3 is 0 Å². The smallest absolute Gasteiger partial charge is 0.0534 e. The van der Waals surface area contributed by atoms with Crippen LogP contribution in [0.3, 0.4) is 0 Å². The first-order chi connectivity index (χ1) is 6.04. The second-order valence-corrected chi connectivity index (χ2v) is 4.37. The van der Waals surface area contributed by atoms with Crippen molar-refractivity contribution in [2.24, 2.45) is 5.92 Å². The summed E-state index contributed by atoms with van der Waals surface area (Å²) in [5, 5.41) is 1.39. The van der Waals surface area contributed by atoms with Crippen molar-refractivity contribution >= 4 is 23.2 Å². The summed E-state index contributed by atoms with van der Waals surface area (Å²) in [6.45, 7) is 6.44. The van der Waals surface area contributed by atoms with Gasteiger partial charge in [-0.15, -0.1) is 0 Å². The molecule has 0 aliphatic heterocycles. The molecule has 0 aromatic heterocycles. The van der Waals surface area contributed by atoms with E-state index in [4.69, 9.17) is 23.2 Å². The van der Waals surface area contributed by atoms with E-state index in [9.17, 15) is 0 Å². The summed E-state index contributed by atoms with van der Waals surface area (Å²) in [5.41, 5.74) is 1.01. The van der Waals surface area contributed by atoms with Gasteiger partial charge in [0.2, 0.25) is 0 Å². The molecule has 71 valence electrons. The Morgan fingerprint density at radius 1 is 1.23 bits per heavy atom. The van der Waals surface area contributed by atoms with E-state index in [0.717, 1.165) is 10.6 Å². The average Bonchev–Trinajstić information content (AvgIpc) is 2.03. The fourth-order valence-corrected chi connectivity index (χ4v) is 1.93. The van der Waals surface area contributed by atoms with Gasteiger partial charge < -0.3 is 0 Å². The maximum absolute atomic E-state index is 6.06. The van der Waals surface area contributed by atoms with Crippen molar-refractivity contribution < 1.29 is 0 Å². The van der Waals surface area contributed by atoms with E-state index in [-0.39, 0.29) is 0 Å². The number of halogens is 2. The molecule has 0 saturated heterocycles. The molecule has 1 aromatic carbocycles. The lowest BCUT2D eigenvalue weighted by Gasteiger charge is -2.18. The van der Waals surface area contributed by atoms with Crippen LogP contribution in [0.25, 0.3) is 0 Å². The molecule has 0 nitrogen and oxygen atoms in total. The van der Waals surface area contributed by atoms with Gasteiger partial charge in [0, 0.05) is 11.1 Å². The molecule has 0 bridgehead atoms. The van der Waals surface area contributed by atoms with Gasteiger partial charge in [0.1, 0.15) is 0 Å². The molecule has 0 fully saturated rings. The van der Waals surface area contributed by atoms with Gasteiger partial charge in [-0.1, -0.05) is 50.0 Å². The summed E-state index contributed by atoms with van der Waals surface area (Å²) in [6.07, 6.45) is 0. The first-order valence-electron chi connectivity index (χ1n) is 4.39. The molecule has 0 saturated carbocycles. The normalized spacial score (nSPS) is 13.4. The lowest BCUT2D eigenvalue weighted by atomic mass is 9.90. The molecule has 0 heterocycles. The summed E-state index contributed by atoms with van der Waals surface area (Å²) in [5.74, 6) is 0.906. The molecular weight excluding hydrogens is 203 g/mol. The SMILES string of the molecule is CC(C)C(C)c1c(Cl)[c]ccc1Cl. The molecule has 0 aliphatic rings. The van der Waals surface area contributed by atoms with E-state index in [1.807, 2.05) is 6.07 Å². The average molecular weight is 216 g/mol. The van der Waals surface area contributed by atoms with Crippen LogP contribution in [0.5, 0.6) is 0 Å². The van der Waals surface area contributed by atoms with E-state index < -0.39 is 0 Å². The lowest BCUT2D eigenvalue weighted by molar-refractivity contribution is 0.535. The highest BCUT2D eigenvalue weighted by Crippen LogP contribution is 2.34. The van der Waals surface area contributed by atoms with Crippen molar-refractivity contribution in [2.75, 3.05) is 0 Å². The Hall–Kier alpha value is -0.200. The van der Waals surface area contributed by atoms with Gasteiger partial charge in [0.15, 0.2) is 0 Å². The third-order valence-electron chi connectivity index (χ3n) is 2.39. The summed E-state index contributed by atoms with van der Waals surface area (Å²) >= 11 is 12.1. The summed E-state index contributed by atoms with van der Waals surface area (Å²) in [6, 6.07) is 6.54. The highest BCUT2D eigenvalue weighted by atomic mass is 35.5. The maximum atomic E-state index is 6.06. The fourth-order valence-electron chi connectivity index (χ4n) is 1.21. The van der Waals surface area contributed by atoms with Crippen molar-refractivity contribution in [1.82, 2.24) is 0 Å². The van der Waals surface area contributed by atoms with E-state index in [1.165, 1.54) is 0 Å². The van der Waals surface area contributed by atoms with Crippen LogP contribution in [-0.4, -0.2) is 0 Å². The topological polar surface area (TPSA) is 0 Å². The molecule has 1 rings (SSSR count). The number of benzene rings is 1. The second-order valence-electron chi connectivity index (χ2n) is 3.59. The van der Waals surface area contributed by atoms with Crippen LogP contribution in [0.15, 0.2) is 12.1 Å². The van der Waals surface area contributed by atoms with Crippen LogP contribution in [0.4, 0.5) is 0 Å². The Kier molecular flexibility index (Phi) is 3.63. The predicted octanol–water partition coefficient (Wildman–Crippen LogP) is 4.55. The summed E-state index contributed by atoms with van der Waals surface area (Å²) in [4.78, 5) is 0. The Morgan fingerprint density at radius 2 is 1.85 bits per heavy atom. The fraction of sp³-hybridized carbons (Fsp3) is 0.455. The standard InChI is InChI=1S/C11H13Cl2/c1-7(2)8(3)11-9(12)5-4-6-10(11)13/h4-5,7-8H,1-3H3. The Labute approximate surface area is 89.9 Å². The second kappa shape index (κ2) is 4.34. The van der Waals surface area contributed by atoms with Crippen molar-refractivity contribution in [2.45, 2.75) is 26.7 Å². The van der Waals surface area contributed by atoms with Crippen LogP contribution in [-0.2, 0) is 0 Å². The highest BCUT2D eigenvalue weighted by Gasteiger charge is 2.16. The number of hydrogen-bond acceptors (Lipinski definition) is 0. The minimum atomic E-state index is 0.373. The van der Waals surface area contributed by atoms with Crippen LogP contribution in [0.1, 0.15) is 32.3 Å². The summed E-state index contributed by atoms with van der Waals surface area (Å²) in [7, 11) is 0. The van der Waals surface area contributed by atoms with E-state index >= 15 is 0 Å². The number of hydrogen-bond donors (Lipinski definition) is 0. The summed E-state index contributed by atoms with van der Waals surface area (Å²) < 4.78 is 0. The molecular formula is C11H13Cl2. The molecule has 13 heavy (non-hydrogen) atoms. The third kappa shape index (κ3) is 2.38. The molecule has 2 heteroatoms. The van der Waals surface area contributed by atoms with Crippen molar-refractivity contribution in [3.05, 3.63) is 33.8 Å². The molecule has 0 N–H and O–H groups in total. The largest absolute Gasteiger partial charge is 0.0840 e. The zero-order valence-electron chi connectivity index (χ0n) is 8.07. The predicted molar refractivity (Wildman–Crippen MR) is 58.6 cm³/mol. The number of rotatable bonds is 2. The monoisotopic (exact) mass is 215 g/mol. The van der Waals surface area contributed by atoms with E-state index in [2.05, 4.69) is 26.8 Å². The van der Waals surface area contributed by atoms with Gasteiger partial charge in [-0.2, -0.15) is 0 Å². The van der Waals surface area contributed by atoms with Crippen LogP contribution in [0.2, 0.25) is 10.0 Å². The van der Waals surface area contributed by atoms with Gasteiger partial charge in [0.25, 0.3) is 0 Å². The van der Waals surface area contributed by atoms with Crippen molar-refractivity contribution in [3.8, 4) is 0 Å². The minimum Gasteiger partial charge on any atom is -0.0840 e. The van der Waals surface area contributed by atoms with E-state index in [1.54, 1.807) is 6.07 Å². The molecule has 1 radical (unpaired) electrons. The van der Waals surface area contributed by atoms with Crippen molar-refractivity contribution in [1.29, 1.82) is 0 Å². The molecule has 1 unspecified atom stereocenters. The van der Waals surface area contributed by atoms with Crippen LogP contribution >= 0.6 is 23.2 Å². The highest BCUT2D eigenvalue weighted by molar-refractivity contribution is 6.36. The quantitative estimate of drug-likeness (QED) is 0.680. The Morgan fingerprint density at radius 3 is 2.31 bits per heavy atom. The Bertz CT molecular complexity index is 272. The van der Waals surface area contributed by atoms with Gasteiger partial charge in [-0.05, 0) is 23.5 Å². The molecule has 0 amide bonds. The van der Waals surface area contributed by atoms with Gasteiger partial charge in [-0.3, -0.25) is 0 Å². The molecule has 1 aromatic rings. The maximum Gasteiger partial charge on any atom is 0.0534 e. The Balaban J connectivity index is 3.12.